The van der Waals surface area contributed by atoms with Crippen LogP contribution in [0.5, 0.6) is 5.75 Å². The van der Waals surface area contributed by atoms with Crippen molar-refractivity contribution < 1.29 is 9.84 Å². The SMILES string of the molecule is COc1ccccc1CNCC(O)CC(C)C. The molecule has 0 aromatic heterocycles. The maximum Gasteiger partial charge on any atom is 0.123 e. The highest BCUT2D eigenvalue weighted by atomic mass is 16.5. The molecular weight excluding hydrogens is 214 g/mol. The van der Waals surface area contributed by atoms with Crippen LogP contribution in [-0.2, 0) is 6.54 Å². The molecule has 1 aromatic carbocycles. The highest BCUT2D eigenvalue weighted by Crippen LogP contribution is 2.16. The molecule has 1 aromatic rings. The molecular formula is C14H23NO2. The van der Waals surface area contributed by atoms with Gasteiger partial charge in [-0.2, -0.15) is 0 Å². The van der Waals surface area contributed by atoms with E-state index in [1.807, 2.05) is 24.3 Å². The second-order valence-corrected chi connectivity index (χ2v) is 4.73. The van der Waals surface area contributed by atoms with Gasteiger partial charge in [0.15, 0.2) is 0 Å². The summed E-state index contributed by atoms with van der Waals surface area (Å²) in [4.78, 5) is 0. The van der Waals surface area contributed by atoms with E-state index >= 15 is 0 Å². The number of methoxy groups -OCH3 is 1. The molecule has 2 N–H and O–H groups in total. The van der Waals surface area contributed by atoms with Crippen LogP contribution in [0.3, 0.4) is 0 Å². The smallest absolute Gasteiger partial charge is 0.123 e. The molecule has 0 aliphatic rings. The van der Waals surface area contributed by atoms with Crippen LogP contribution < -0.4 is 10.1 Å². The van der Waals surface area contributed by atoms with Gasteiger partial charge in [0.2, 0.25) is 0 Å². The molecule has 0 fully saturated rings. The topological polar surface area (TPSA) is 41.5 Å². The molecule has 0 saturated carbocycles. The van der Waals surface area contributed by atoms with Gasteiger partial charge in [-0.3, -0.25) is 0 Å². The van der Waals surface area contributed by atoms with Gasteiger partial charge in [0, 0.05) is 18.7 Å². The van der Waals surface area contributed by atoms with E-state index < -0.39 is 0 Å². The normalized spacial score (nSPS) is 12.8. The van der Waals surface area contributed by atoms with E-state index in [0.29, 0.717) is 12.5 Å². The fourth-order valence-electron chi connectivity index (χ4n) is 1.85. The molecule has 0 amide bonds. The third kappa shape index (κ3) is 5.20. The number of hydrogen-bond acceptors (Lipinski definition) is 3. The van der Waals surface area contributed by atoms with Crippen LogP contribution in [0.15, 0.2) is 24.3 Å². The lowest BCUT2D eigenvalue weighted by molar-refractivity contribution is 0.146. The van der Waals surface area contributed by atoms with Crippen LogP contribution in [-0.4, -0.2) is 24.9 Å². The lowest BCUT2D eigenvalue weighted by atomic mass is 10.1. The number of rotatable bonds is 7. The maximum absolute atomic E-state index is 9.73. The first kappa shape index (κ1) is 14.0. The van der Waals surface area contributed by atoms with E-state index in [0.717, 1.165) is 24.3 Å². The van der Waals surface area contributed by atoms with Crippen molar-refractivity contribution in [3.05, 3.63) is 29.8 Å². The van der Waals surface area contributed by atoms with Crippen LogP contribution in [0.1, 0.15) is 25.8 Å². The Kier molecular flexibility index (Phi) is 6.01. The van der Waals surface area contributed by atoms with Crippen molar-refractivity contribution >= 4 is 0 Å². The molecule has 1 atom stereocenters. The molecule has 1 rings (SSSR count). The van der Waals surface area contributed by atoms with Gasteiger partial charge in [-0.05, 0) is 18.4 Å². The highest BCUT2D eigenvalue weighted by Gasteiger charge is 2.07. The Labute approximate surface area is 104 Å². The maximum atomic E-state index is 9.73. The summed E-state index contributed by atoms with van der Waals surface area (Å²) in [6.07, 6.45) is 0.559. The van der Waals surface area contributed by atoms with Crippen molar-refractivity contribution in [1.29, 1.82) is 0 Å². The van der Waals surface area contributed by atoms with Gasteiger partial charge in [-0.1, -0.05) is 32.0 Å². The molecule has 0 heterocycles. The Bertz CT molecular complexity index is 326. The van der Waals surface area contributed by atoms with Crippen molar-refractivity contribution in [1.82, 2.24) is 5.32 Å². The zero-order valence-corrected chi connectivity index (χ0v) is 10.9. The summed E-state index contributed by atoms with van der Waals surface area (Å²) in [5, 5.41) is 13.0. The average Bonchev–Trinajstić information content (AvgIpc) is 2.28. The van der Waals surface area contributed by atoms with Crippen molar-refractivity contribution in [2.45, 2.75) is 32.9 Å². The number of hydrogen-bond donors (Lipinski definition) is 2. The predicted molar refractivity (Wildman–Crippen MR) is 70.2 cm³/mol. The zero-order chi connectivity index (χ0) is 12.7. The number of aliphatic hydroxyl groups excluding tert-OH is 1. The number of aliphatic hydroxyl groups is 1. The molecule has 1 unspecified atom stereocenters. The van der Waals surface area contributed by atoms with Crippen LogP contribution in [0, 0.1) is 5.92 Å². The summed E-state index contributed by atoms with van der Waals surface area (Å²) in [5.74, 6) is 1.41. The second kappa shape index (κ2) is 7.30. The first-order valence-corrected chi connectivity index (χ1v) is 6.14. The average molecular weight is 237 g/mol. The minimum absolute atomic E-state index is 0.273. The second-order valence-electron chi connectivity index (χ2n) is 4.73. The van der Waals surface area contributed by atoms with Gasteiger partial charge in [0.05, 0.1) is 13.2 Å². The van der Waals surface area contributed by atoms with Crippen molar-refractivity contribution in [2.24, 2.45) is 5.92 Å². The standard InChI is InChI=1S/C14H23NO2/c1-11(2)8-13(16)10-15-9-12-6-4-5-7-14(12)17-3/h4-7,11,13,15-16H,8-10H2,1-3H3. The van der Waals surface area contributed by atoms with Crippen LogP contribution >= 0.6 is 0 Å². The van der Waals surface area contributed by atoms with E-state index in [-0.39, 0.29) is 6.10 Å². The first-order chi connectivity index (χ1) is 8.13. The molecule has 0 aliphatic carbocycles. The van der Waals surface area contributed by atoms with Crippen molar-refractivity contribution in [2.75, 3.05) is 13.7 Å². The number of benzene rings is 1. The van der Waals surface area contributed by atoms with E-state index in [2.05, 4.69) is 19.2 Å². The summed E-state index contributed by atoms with van der Waals surface area (Å²) < 4.78 is 5.26. The number of ether oxygens (including phenoxy) is 1. The zero-order valence-electron chi connectivity index (χ0n) is 10.9. The molecule has 0 spiro atoms. The first-order valence-electron chi connectivity index (χ1n) is 6.14. The van der Waals surface area contributed by atoms with E-state index in [1.54, 1.807) is 7.11 Å². The third-order valence-electron chi connectivity index (χ3n) is 2.63. The van der Waals surface area contributed by atoms with Gasteiger partial charge in [0.25, 0.3) is 0 Å². The van der Waals surface area contributed by atoms with Gasteiger partial charge >= 0.3 is 0 Å². The van der Waals surface area contributed by atoms with Crippen molar-refractivity contribution in [3.63, 3.8) is 0 Å². The molecule has 3 heteroatoms. The van der Waals surface area contributed by atoms with E-state index in [4.69, 9.17) is 4.74 Å². The monoisotopic (exact) mass is 237 g/mol. The fraction of sp³-hybridized carbons (Fsp3) is 0.571. The Balaban J connectivity index is 2.35. The molecule has 96 valence electrons. The van der Waals surface area contributed by atoms with Gasteiger partial charge in [-0.15, -0.1) is 0 Å². The quantitative estimate of drug-likeness (QED) is 0.764. The third-order valence-corrected chi connectivity index (χ3v) is 2.63. The number of nitrogens with one attached hydrogen (secondary N) is 1. The molecule has 0 saturated heterocycles. The van der Waals surface area contributed by atoms with Crippen molar-refractivity contribution in [3.8, 4) is 5.75 Å². The largest absolute Gasteiger partial charge is 0.496 e. The Morgan fingerprint density at radius 2 is 2.00 bits per heavy atom. The van der Waals surface area contributed by atoms with E-state index in [9.17, 15) is 5.11 Å². The lowest BCUT2D eigenvalue weighted by Gasteiger charge is -2.14. The molecule has 0 aliphatic heterocycles. The Hall–Kier alpha value is -1.06. The predicted octanol–water partition coefficient (Wildman–Crippen LogP) is 2.19. The van der Waals surface area contributed by atoms with Gasteiger partial charge in [-0.25, -0.2) is 0 Å². The Morgan fingerprint density at radius 1 is 1.29 bits per heavy atom. The molecule has 17 heavy (non-hydrogen) atoms. The summed E-state index contributed by atoms with van der Waals surface area (Å²) in [7, 11) is 1.67. The fourth-order valence-corrected chi connectivity index (χ4v) is 1.85. The lowest BCUT2D eigenvalue weighted by Crippen LogP contribution is -2.27. The van der Waals surface area contributed by atoms with E-state index in [1.165, 1.54) is 0 Å². The summed E-state index contributed by atoms with van der Waals surface area (Å²) in [6, 6.07) is 7.92. The molecule has 3 nitrogen and oxygen atoms in total. The van der Waals surface area contributed by atoms with Gasteiger partial charge < -0.3 is 15.2 Å². The minimum atomic E-state index is -0.273. The summed E-state index contributed by atoms with van der Waals surface area (Å²) in [5.41, 5.74) is 1.12. The van der Waals surface area contributed by atoms with Crippen LogP contribution in [0.4, 0.5) is 0 Å². The highest BCUT2D eigenvalue weighted by molar-refractivity contribution is 5.32. The summed E-state index contributed by atoms with van der Waals surface area (Å²) >= 11 is 0. The van der Waals surface area contributed by atoms with Crippen LogP contribution in [0.2, 0.25) is 0 Å². The summed E-state index contributed by atoms with van der Waals surface area (Å²) in [6.45, 7) is 5.57. The molecule has 0 radical (unpaired) electrons. The minimum Gasteiger partial charge on any atom is -0.496 e. The van der Waals surface area contributed by atoms with Crippen LogP contribution in [0.25, 0.3) is 0 Å². The van der Waals surface area contributed by atoms with Gasteiger partial charge in [0.1, 0.15) is 5.75 Å². The number of para-hydroxylation sites is 1. The Morgan fingerprint density at radius 3 is 2.65 bits per heavy atom. The molecule has 0 bridgehead atoms.